The number of carbonyl (C=O) groups is 1. The minimum atomic E-state index is -0.776. The molecule has 5 fully saturated rings. The van der Waals surface area contributed by atoms with E-state index in [-0.39, 0.29) is 23.8 Å². The summed E-state index contributed by atoms with van der Waals surface area (Å²) in [6.45, 7) is 6.87. The third-order valence-electron chi connectivity index (χ3n) is 7.68. The Morgan fingerprint density at radius 1 is 1.24 bits per heavy atom. The van der Waals surface area contributed by atoms with Crippen molar-refractivity contribution in [3.05, 3.63) is 30.1 Å². The first-order valence-electron chi connectivity index (χ1n) is 10.8. The van der Waals surface area contributed by atoms with Gasteiger partial charge in [0.2, 0.25) is 5.79 Å². The fourth-order valence-electron chi connectivity index (χ4n) is 6.00. The van der Waals surface area contributed by atoms with Crippen LogP contribution < -0.4 is 5.32 Å². The SMILES string of the molecule is C[C@H]1[C@@H](CNC(=O)c2cccnc2)O[C@@H]2O[C@@]3(C)CC[C@H]4[C@H](C)CC[C@@H]1[C@@]24OO3. The van der Waals surface area contributed by atoms with Gasteiger partial charge in [-0.1, -0.05) is 13.8 Å². The topological polar surface area (TPSA) is 78.9 Å². The van der Waals surface area contributed by atoms with Crippen molar-refractivity contribution in [1.82, 2.24) is 10.3 Å². The summed E-state index contributed by atoms with van der Waals surface area (Å²) in [6, 6.07) is 3.52. The van der Waals surface area contributed by atoms with Crippen molar-refractivity contribution in [2.75, 3.05) is 6.54 Å². The summed E-state index contributed by atoms with van der Waals surface area (Å²) in [7, 11) is 0. The van der Waals surface area contributed by atoms with E-state index in [1.165, 1.54) is 6.42 Å². The van der Waals surface area contributed by atoms with E-state index in [4.69, 9.17) is 19.2 Å². The number of fused-ring (bicyclic) bond motifs is 2. The van der Waals surface area contributed by atoms with Crippen LogP contribution in [0.4, 0.5) is 0 Å². The molecule has 0 unspecified atom stereocenters. The van der Waals surface area contributed by atoms with Gasteiger partial charge in [0, 0.05) is 31.3 Å². The maximum atomic E-state index is 12.5. The third-order valence-corrected chi connectivity index (χ3v) is 7.68. The monoisotopic (exact) mass is 402 g/mol. The molecule has 1 aliphatic carbocycles. The fraction of sp³-hybridized carbons (Fsp3) is 0.727. The van der Waals surface area contributed by atoms with Gasteiger partial charge in [0.25, 0.3) is 5.91 Å². The van der Waals surface area contributed by atoms with E-state index in [1.54, 1.807) is 24.5 Å². The number of nitrogens with zero attached hydrogens (tertiary/aromatic N) is 1. The van der Waals surface area contributed by atoms with E-state index < -0.39 is 17.7 Å². The van der Waals surface area contributed by atoms with E-state index in [0.29, 0.717) is 23.9 Å². The second-order valence-corrected chi connectivity index (χ2v) is 9.40. The Morgan fingerprint density at radius 2 is 2.10 bits per heavy atom. The van der Waals surface area contributed by atoms with Crippen molar-refractivity contribution >= 4 is 5.91 Å². The van der Waals surface area contributed by atoms with Crippen LogP contribution in [0.1, 0.15) is 56.8 Å². The molecule has 4 aliphatic heterocycles. The van der Waals surface area contributed by atoms with Crippen LogP contribution in [0.15, 0.2) is 24.5 Å². The van der Waals surface area contributed by atoms with Gasteiger partial charge in [-0.05, 0) is 56.1 Å². The molecule has 158 valence electrons. The van der Waals surface area contributed by atoms with Gasteiger partial charge in [-0.25, -0.2) is 9.78 Å². The number of amides is 1. The molecule has 6 rings (SSSR count). The van der Waals surface area contributed by atoms with E-state index in [2.05, 4.69) is 24.1 Å². The number of pyridine rings is 1. The molecular weight excluding hydrogens is 372 g/mol. The molecular formula is C22H30N2O5. The Balaban J connectivity index is 1.38. The predicted molar refractivity (Wildman–Crippen MR) is 103 cm³/mol. The highest BCUT2D eigenvalue weighted by atomic mass is 17.3. The normalized spacial score (nSPS) is 45.9. The summed E-state index contributed by atoms with van der Waals surface area (Å²) in [5, 5.41) is 3.01. The lowest BCUT2D eigenvalue weighted by Crippen LogP contribution is -2.71. The lowest BCUT2D eigenvalue weighted by Gasteiger charge is -2.60. The number of carbonyl (C=O) groups excluding carboxylic acids is 1. The Bertz CT molecular complexity index is 776. The predicted octanol–water partition coefficient (Wildman–Crippen LogP) is 3.06. The van der Waals surface area contributed by atoms with Gasteiger partial charge in [-0.2, -0.15) is 0 Å². The van der Waals surface area contributed by atoms with Crippen molar-refractivity contribution in [2.24, 2.45) is 23.7 Å². The summed E-state index contributed by atoms with van der Waals surface area (Å²) < 4.78 is 12.8. The standard InChI is InChI=1S/C22H30N2O5/c1-13-6-7-17-14(2)18(12-24-19(25)15-5-4-10-23-11-15)26-20-22(17)16(13)8-9-21(3,27-20)28-29-22/h4-5,10-11,13-14,16-18,20H,6-9,12H2,1-3H3,(H,24,25)/t13-,14-,16+,17+,18-,20-,21-,22-/m1/s1. The zero-order valence-electron chi connectivity index (χ0n) is 17.3. The summed E-state index contributed by atoms with van der Waals surface area (Å²) >= 11 is 0. The van der Waals surface area contributed by atoms with Crippen molar-refractivity contribution in [2.45, 2.75) is 70.2 Å². The van der Waals surface area contributed by atoms with Crippen LogP contribution in [-0.4, -0.2) is 41.2 Å². The number of aromatic nitrogens is 1. The first-order chi connectivity index (χ1) is 13.9. The number of ether oxygens (including phenoxy) is 2. The lowest BCUT2D eigenvalue weighted by atomic mass is 9.57. The van der Waals surface area contributed by atoms with Crippen molar-refractivity contribution in [3.63, 3.8) is 0 Å². The molecule has 1 saturated carbocycles. The van der Waals surface area contributed by atoms with E-state index in [0.717, 1.165) is 19.3 Å². The number of hydrogen-bond acceptors (Lipinski definition) is 6. The molecule has 0 aromatic carbocycles. The van der Waals surface area contributed by atoms with Crippen LogP contribution in [0.2, 0.25) is 0 Å². The molecule has 2 bridgehead atoms. The molecule has 4 saturated heterocycles. The van der Waals surface area contributed by atoms with Gasteiger partial charge in [-0.3, -0.25) is 9.78 Å². The van der Waals surface area contributed by atoms with Gasteiger partial charge >= 0.3 is 0 Å². The van der Waals surface area contributed by atoms with Crippen LogP contribution in [0, 0.1) is 23.7 Å². The molecule has 1 amide bonds. The molecule has 8 atom stereocenters. The average molecular weight is 402 g/mol. The second kappa shape index (κ2) is 7.01. The summed E-state index contributed by atoms with van der Waals surface area (Å²) in [5.41, 5.74) is -0.00950. The van der Waals surface area contributed by atoms with Gasteiger partial charge in [0.15, 0.2) is 11.9 Å². The maximum Gasteiger partial charge on any atom is 0.252 e. The number of nitrogens with one attached hydrogen (secondary N) is 1. The molecule has 0 radical (unpaired) electrons. The summed E-state index contributed by atoms with van der Waals surface area (Å²) in [5.74, 6) is 0.458. The largest absolute Gasteiger partial charge is 0.349 e. The van der Waals surface area contributed by atoms with Gasteiger partial charge in [0.05, 0.1) is 11.7 Å². The lowest BCUT2D eigenvalue weighted by molar-refractivity contribution is -0.570. The molecule has 5 aliphatic rings. The average Bonchev–Trinajstić information content (AvgIpc) is 2.96. The molecule has 5 heterocycles. The van der Waals surface area contributed by atoms with E-state index >= 15 is 0 Å². The Labute approximate surface area is 171 Å². The highest BCUT2D eigenvalue weighted by molar-refractivity contribution is 5.93. The summed E-state index contributed by atoms with van der Waals surface area (Å²) in [4.78, 5) is 28.5. The quantitative estimate of drug-likeness (QED) is 0.783. The second-order valence-electron chi connectivity index (χ2n) is 9.40. The van der Waals surface area contributed by atoms with Gasteiger partial charge in [-0.15, -0.1) is 0 Å². The van der Waals surface area contributed by atoms with Gasteiger partial charge < -0.3 is 14.8 Å². The van der Waals surface area contributed by atoms with Crippen LogP contribution in [0.25, 0.3) is 0 Å². The van der Waals surface area contributed by atoms with E-state index in [9.17, 15) is 4.79 Å². The molecule has 29 heavy (non-hydrogen) atoms. The zero-order chi connectivity index (χ0) is 20.2. The Morgan fingerprint density at radius 3 is 2.90 bits per heavy atom. The minimum absolute atomic E-state index is 0.140. The molecule has 1 aromatic rings. The van der Waals surface area contributed by atoms with Crippen LogP contribution in [0.3, 0.4) is 0 Å². The fourth-order valence-corrected chi connectivity index (χ4v) is 6.00. The van der Waals surface area contributed by atoms with Crippen molar-refractivity contribution < 1.29 is 24.0 Å². The highest BCUT2D eigenvalue weighted by Gasteiger charge is 2.69. The minimum Gasteiger partial charge on any atom is -0.349 e. The maximum absolute atomic E-state index is 12.5. The van der Waals surface area contributed by atoms with Crippen LogP contribution in [-0.2, 0) is 19.2 Å². The first kappa shape index (κ1) is 19.4. The molecule has 7 nitrogen and oxygen atoms in total. The van der Waals surface area contributed by atoms with E-state index in [1.807, 2.05) is 6.92 Å². The van der Waals surface area contributed by atoms with Gasteiger partial charge in [0.1, 0.15) is 0 Å². The number of hydrogen-bond donors (Lipinski definition) is 1. The van der Waals surface area contributed by atoms with Crippen LogP contribution >= 0.6 is 0 Å². The molecule has 1 aromatic heterocycles. The Hall–Kier alpha value is -1.54. The molecule has 1 spiro atoms. The summed E-state index contributed by atoms with van der Waals surface area (Å²) in [6.07, 6.45) is 6.65. The van der Waals surface area contributed by atoms with Crippen LogP contribution in [0.5, 0.6) is 0 Å². The molecule has 1 N–H and O–H groups in total. The third kappa shape index (κ3) is 3.02. The highest BCUT2D eigenvalue weighted by Crippen LogP contribution is 2.60. The number of rotatable bonds is 3. The zero-order valence-corrected chi connectivity index (χ0v) is 17.3. The first-order valence-corrected chi connectivity index (χ1v) is 10.8. The Kier molecular flexibility index (Phi) is 4.70. The molecule has 7 heteroatoms. The van der Waals surface area contributed by atoms with Crippen molar-refractivity contribution in [1.29, 1.82) is 0 Å². The van der Waals surface area contributed by atoms with Crippen molar-refractivity contribution in [3.8, 4) is 0 Å². The smallest absolute Gasteiger partial charge is 0.252 e.